The van der Waals surface area contributed by atoms with Crippen LogP contribution in [0.1, 0.15) is 0 Å². The highest BCUT2D eigenvalue weighted by atomic mass is 35.5. The highest BCUT2D eigenvalue weighted by molar-refractivity contribution is 6.44. The molecule has 0 saturated heterocycles. The van der Waals surface area contributed by atoms with Crippen LogP contribution < -0.4 is 15.4 Å². The fraction of sp³-hybridized carbons (Fsp3) is 0.133. The van der Waals surface area contributed by atoms with Crippen molar-refractivity contribution in [2.75, 3.05) is 24.3 Å². The summed E-state index contributed by atoms with van der Waals surface area (Å²) >= 11 is 17.8. The first-order valence-electron chi connectivity index (χ1n) is 6.32. The zero-order valence-corrected chi connectivity index (χ0v) is 13.9. The van der Waals surface area contributed by atoms with Crippen molar-refractivity contribution in [3.8, 4) is 5.75 Å². The number of hydrogen-bond donors (Lipinski definition) is 2. The molecule has 2 aromatic rings. The molecule has 0 unspecified atom stereocenters. The minimum Gasteiger partial charge on any atom is -0.495 e. The Hall–Kier alpha value is -1.62. The van der Waals surface area contributed by atoms with Crippen molar-refractivity contribution in [1.29, 1.82) is 0 Å². The summed E-state index contributed by atoms with van der Waals surface area (Å²) in [5.74, 6) is 0.343. The smallest absolute Gasteiger partial charge is 0.243 e. The highest BCUT2D eigenvalue weighted by Gasteiger charge is 2.09. The van der Waals surface area contributed by atoms with Gasteiger partial charge in [0.1, 0.15) is 5.75 Å². The number of hydrogen-bond acceptors (Lipinski definition) is 3. The van der Waals surface area contributed by atoms with Crippen LogP contribution in [-0.2, 0) is 4.79 Å². The van der Waals surface area contributed by atoms with Gasteiger partial charge >= 0.3 is 0 Å². The van der Waals surface area contributed by atoms with Gasteiger partial charge in [-0.05, 0) is 24.3 Å². The van der Waals surface area contributed by atoms with Crippen molar-refractivity contribution in [3.05, 3.63) is 51.5 Å². The van der Waals surface area contributed by atoms with Gasteiger partial charge in [-0.1, -0.05) is 46.9 Å². The predicted octanol–water partition coefficient (Wildman–Crippen LogP) is 4.71. The van der Waals surface area contributed by atoms with Gasteiger partial charge in [-0.25, -0.2) is 0 Å². The van der Waals surface area contributed by atoms with Crippen LogP contribution in [0.25, 0.3) is 0 Å². The van der Waals surface area contributed by atoms with E-state index in [4.69, 9.17) is 39.5 Å². The molecule has 0 bridgehead atoms. The lowest BCUT2D eigenvalue weighted by Gasteiger charge is -2.12. The lowest BCUT2D eigenvalue weighted by Crippen LogP contribution is -2.22. The van der Waals surface area contributed by atoms with Crippen LogP contribution in [0.2, 0.25) is 15.1 Å². The number of anilines is 2. The monoisotopic (exact) mass is 358 g/mol. The van der Waals surface area contributed by atoms with Crippen molar-refractivity contribution in [3.63, 3.8) is 0 Å². The third kappa shape index (κ3) is 4.19. The standard InChI is InChI=1S/C15H13Cl3N2O2/c1-22-14-5-3-2-4-12(14)20-15(21)8-19-13-7-10(17)9(16)6-11(13)18/h2-7,19H,8H2,1H3,(H,20,21). The van der Waals surface area contributed by atoms with Crippen LogP contribution in [0.15, 0.2) is 36.4 Å². The van der Waals surface area contributed by atoms with Crippen molar-refractivity contribution >= 4 is 52.1 Å². The average molecular weight is 360 g/mol. The number of carbonyl (C=O) groups is 1. The summed E-state index contributed by atoms with van der Waals surface area (Å²) in [5.41, 5.74) is 1.13. The zero-order valence-electron chi connectivity index (χ0n) is 11.6. The fourth-order valence-corrected chi connectivity index (χ4v) is 2.39. The number of carbonyl (C=O) groups excluding carboxylic acids is 1. The molecule has 0 aliphatic carbocycles. The van der Waals surface area contributed by atoms with E-state index in [-0.39, 0.29) is 12.5 Å². The molecule has 22 heavy (non-hydrogen) atoms. The van der Waals surface area contributed by atoms with E-state index in [2.05, 4.69) is 10.6 Å². The summed E-state index contributed by atoms with van der Waals surface area (Å²) in [7, 11) is 1.54. The first-order chi connectivity index (χ1) is 10.5. The van der Waals surface area contributed by atoms with E-state index in [0.717, 1.165) is 0 Å². The molecule has 2 N–H and O–H groups in total. The van der Waals surface area contributed by atoms with Crippen LogP contribution in [0.4, 0.5) is 11.4 Å². The maximum absolute atomic E-state index is 12.0. The maximum Gasteiger partial charge on any atom is 0.243 e. The fourth-order valence-electron chi connectivity index (χ4n) is 1.78. The Morgan fingerprint density at radius 1 is 1.05 bits per heavy atom. The molecule has 0 aliphatic heterocycles. The second-order valence-corrected chi connectivity index (χ2v) is 5.57. The summed E-state index contributed by atoms with van der Waals surface area (Å²) in [6, 6.07) is 10.2. The number of amides is 1. The van der Waals surface area contributed by atoms with Crippen LogP contribution >= 0.6 is 34.8 Å². The zero-order chi connectivity index (χ0) is 16.1. The van der Waals surface area contributed by atoms with Crippen molar-refractivity contribution in [1.82, 2.24) is 0 Å². The van der Waals surface area contributed by atoms with Gasteiger partial charge in [-0.15, -0.1) is 0 Å². The molecule has 0 atom stereocenters. The minimum atomic E-state index is -0.244. The first-order valence-corrected chi connectivity index (χ1v) is 7.46. The van der Waals surface area contributed by atoms with Crippen LogP contribution in [0.5, 0.6) is 5.75 Å². The van der Waals surface area contributed by atoms with Gasteiger partial charge in [0.15, 0.2) is 0 Å². The first kappa shape index (κ1) is 16.7. The van der Waals surface area contributed by atoms with E-state index in [1.807, 2.05) is 6.07 Å². The van der Waals surface area contributed by atoms with Gasteiger partial charge in [0.05, 0.1) is 40.1 Å². The summed E-state index contributed by atoms with van der Waals surface area (Å²) < 4.78 is 5.17. The van der Waals surface area contributed by atoms with E-state index < -0.39 is 0 Å². The molecule has 2 rings (SSSR count). The minimum absolute atomic E-state index is 0.0235. The predicted molar refractivity (Wildman–Crippen MR) is 91.6 cm³/mol. The number of rotatable bonds is 5. The Bertz CT molecular complexity index is 692. The number of para-hydroxylation sites is 2. The second kappa shape index (κ2) is 7.58. The van der Waals surface area contributed by atoms with Gasteiger partial charge in [0.25, 0.3) is 0 Å². The molecule has 1 amide bonds. The average Bonchev–Trinajstić information content (AvgIpc) is 2.50. The Kier molecular flexibility index (Phi) is 5.77. The molecule has 7 heteroatoms. The maximum atomic E-state index is 12.0. The van der Waals surface area contributed by atoms with Gasteiger partial charge in [0, 0.05) is 0 Å². The van der Waals surface area contributed by atoms with Crippen molar-refractivity contribution < 1.29 is 9.53 Å². The summed E-state index contributed by atoms with van der Waals surface area (Å²) in [6.45, 7) is 0.0235. The Balaban J connectivity index is 2.00. The van der Waals surface area contributed by atoms with Gasteiger partial charge < -0.3 is 15.4 Å². The molecule has 4 nitrogen and oxygen atoms in total. The van der Waals surface area contributed by atoms with E-state index in [0.29, 0.717) is 32.2 Å². The van der Waals surface area contributed by atoms with Gasteiger partial charge in [-0.2, -0.15) is 0 Å². The molecular formula is C15H13Cl3N2O2. The number of methoxy groups -OCH3 is 1. The van der Waals surface area contributed by atoms with Gasteiger partial charge in [0.2, 0.25) is 5.91 Å². The molecular weight excluding hydrogens is 347 g/mol. The third-order valence-corrected chi connectivity index (χ3v) is 3.87. The summed E-state index contributed by atoms with van der Waals surface area (Å²) in [6.07, 6.45) is 0. The molecule has 0 aromatic heterocycles. The highest BCUT2D eigenvalue weighted by Crippen LogP contribution is 2.32. The van der Waals surface area contributed by atoms with E-state index in [1.165, 1.54) is 6.07 Å². The molecule has 0 heterocycles. The third-order valence-electron chi connectivity index (χ3n) is 2.83. The number of benzene rings is 2. The van der Waals surface area contributed by atoms with E-state index in [9.17, 15) is 4.79 Å². The normalized spacial score (nSPS) is 10.2. The Morgan fingerprint density at radius 2 is 1.73 bits per heavy atom. The largest absolute Gasteiger partial charge is 0.495 e. The second-order valence-electron chi connectivity index (χ2n) is 4.35. The number of halogens is 3. The van der Waals surface area contributed by atoms with E-state index >= 15 is 0 Å². The summed E-state index contributed by atoms with van der Waals surface area (Å²) in [4.78, 5) is 12.0. The number of nitrogens with one attached hydrogen (secondary N) is 2. The molecule has 2 aromatic carbocycles. The molecule has 0 fully saturated rings. The lowest BCUT2D eigenvalue weighted by atomic mass is 10.3. The van der Waals surface area contributed by atoms with Crippen LogP contribution in [0, 0.1) is 0 Å². The van der Waals surface area contributed by atoms with Crippen LogP contribution in [-0.4, -0.2) is 19.6 Å². The molecule has 0 radical (unpaired) electrons. The Morgan fingerprint density at radius 3 is 2.45 bits per heavy atom. The topological polar surface area (TPSA) is 50.4 Å². The van der Waals surface area contributed by atoms with Crippen molar-refractivity contribution in [2.24, 2.45) is 0 Å². The number of ether oxygens (including phenoxy) is 1. The van der Waals surface area contributed by atoms with E-state index in [1.54, 1.807) is 31.4 Å². The molecule has 0 aliphatic rings. The molecule has 0 saturated carbocycles. The van der Waals surface area contributed by atoms with Crippen molar-refractivity contribution in [2.45, 2.75) is 0 Å². The lowest BCUT2D eigenvalue weighted by molar-refractivity contribution is -0.114. The van der Waals surface area contributed by atoms with Gasteiger partial charge in [-0.3, -0.25) is 4.79 Å². The van der Waals surface area contributed by atoms with Crippen LogP contribution in [0.3, 0.4) is 0 Å². The SMILES string of the molecule is COc1ccccc1NC(=O)CNc1cc(Cl)c(Cl)cc1Cl. The summed E-state index contributed by atoms with van der Waals surface area (Å²) in [5, 5.41) is 6.76. The molecule has 116 valence electrons. The Labute approximate surface area is 143 Å². The molecule has 0 spiro atoms. The quantitative estimate of drug-likeness (QED) is 0.760.